The number of hydrogen-bond acceptors (Lipinski definition) is 3. The SMILES string of the molecule is CCCCCC(=O)O.C[C@]12CC[C@H]3[C@@H](CCC4=CC(=O)CC[C@@H]43)[C@@H]1CC[C@@H]2O. The van der Waals surface area contributed by atoms with Gasteiger partial charge in [0.25, 0.3) is 0 Å². The molecule has 0 radical (unpaired) electrons. The molecule has 0 spiro atoms. The van der Waals surface area contributed by atoms with Gasteiger partial charge in [0, 0.05) is 12.8 Å². The number of carbonyl (C=O) groups excluding carboxylic acids is 1. The van der Waals surface area contributed by atoms with Crippen LogP contribution in [0.15, 0.2) is 11.6 Å². The van der Waals surface area contributed by atoms with Gasteiger partial charge in [-0.3, -0.25) is 9.59 Å². The molecule has 4 rings (SSSR count). The molecule has 0 aromatic rings. The van der Waals surface area contributed by atoms with E-state index < -0.39 is 5.97 Å². The zero-order valence-corrected chi connectivity index (χ0v) is 17.7. The molecule has 4 nitrogen and oxygen atoms in total. The van der Waals surface area contributed by atoms with E-state index in [1.807, 2.05) is 6.08 Å². The Hall–Kier alpha value is -1.16. The summed E-state index contributed by atoms with van der Waals surface area (Å²) in [4.78, 5) is 21.5. The first-order chi connectivity index (χ1) is 13.4. The van der Waals surface area contributed by atoms with Gasteiger partial charge in [-0.1, -0.05) is 32.3 Å². The molecule has 0 aromatic carbocycles. The van der Waals surface area contributed by atoms with Crippen molar-refractivity contribution >= 4 is 11.8 Å². The molecule has 0 bridgehead atoms. The molecule has 4 aliphatic carbocycles. The third kappa shape index (κ3) is 4.37. The maximum atomic E-state index is 11.6. The van der Waals surface area contributed by atoms with Gasteiger partial charge in [0.1, 0.15) is 0 Å². The van der Waals surface area contributed by atoms with Gasteiger partial charge in [-0.15, -0.1) is 0 Å². The first-order valence-corrected chi connectivity index (χ1v) is 11.5. The Bertz CT molecular complexity index is 610. The predicted molar refractivity (Wildman–Crippen MR) is 110 cm³/mol. The number of aliphatic carboxylic acids is 1. The normalized spacial score (nSPS) is 39.0. The highest BCUT2D eigenvalue weighted by atomic mass is 16.4. The lowest BCUT2D eigenvalue weighted by atomic mass is 9.52. The average molecular weight is 391 g/mol. The lowest BCUT2D eigenvalue weighted by Gasteiger charge is -2.53. The second-order valence-electron chi connectivity index (χ2n) is 9.79. The third-order valence-electron chi connectivity index (χ3n) is 8.24. The fourth-order valence-corrected chi connectivity index (χ4v) is 6.68. The molecule has 2 N–H and O–H groups in total. The molecular weight excluding hydrogens is 352 g/mol. The van der Waals surface area contributed by atoms with E-state index in [1.54, 1.807) is 0 Å². The summed E-state index contributed by atoms with van der Waals surface area (Å²) in [6.45, 7) is 4.39. The summed E-state index contributed by atoms with van der Waals surface area (Å²) >= 11 is 0. The minimum Gasteiger partial charge on any atom is -0.481 e. The number of ketones is 1. The monoisotopic (exact) mass is 390 g/mol. The first kappa shape index (κ1) is 21.5. The number of aliphatic hydroxyl groups excluding tert-OH is 1. The van der Waals surface area contributed by atoms with Crippen LogP contribution in [0.4, 0.5) is 0 Å². The molecule has 0 heterocycles. The summed E-state index contributed by atoms with van der Waals surface area (Å²) in [5.74, 6) is 2.70. The van der Waals surface area contributed by atoms with Crippen molar-refractivity contribution in [2.75, 3.05) is 0 Å². The number of aliphatic hydroxyl groups is 1. The van der Waals surface area contributed by atoms with Crippen molar-refractivity contribution in [3.63, 3.8) is 0 Å². The number of carbonyl (C=O) groups is 2. The average Bonchev–Trinajstić information content (AvgIpc) is 2.97. The van der Waals surface area contributed by atoms with E-state index in [2.05, 4.69) is 13.8 Å². The number of allylic oxidation sites excluding steroid dienone is 1. The molecule has 6 atom stereocenters. The van der Waals surface area contributed by atoms with Gasteiger partial charge in [-0.05, 0) is 86.5 Å². The van der Waals surface area contributed by atoms with E-state index in [4.69, 9.17) is 5.11 Å². The van der Waals surface area contributed by atoms with E-state index >= 15 is 0 Å². The van der Waals surface area contributed by atoms with Crippen LogP contribution >= 0.6 is 0 Å². The summed E-state index contributed by atoms with van der Waals surface area (Å²) in [7, 11) is 0. The zero-order valence-electron chi connectivity index (χ0n) is 17.7. The summed E-state index contributed by atoms with van der Waals surface area (Å²) in [6, 6.07) is 0. The Kier molecular flexibility index (Phi) is 7.01. The van der Waals surface area contributed by atoms with E-state index in [9.17, 15) is 14.7 Å². The van der Waals surface area contributed by atoms with Gasteiger partial charge >= 0.3 is 5.97 Å². The molecule has 0 unspecified atom stereocenters. The van der Waals surface area contributed by atoms with Gasteiger partial charge < -0.3 is 10.2 Å². The quantitative estimate of drug-likeness (QED) is 0.652. The van der Waals surface area contributed by atoms with Crippen molar-refractivity contribution in [2.45, 2.75) is 97.0 Å². The lowest BCUT2D eigenvalue weighted by molar-refractivity contribution is -0.137. The van der Waals surface area contributed by atoms with E-state index in [0.717, 1.165) is 62.7 Å². The van der Waals surface area contributed by atoms with Gasteiger partial charge in [0.2, 0.25) is 0 Å². The Morgan fingerprint density at radius 2 is 1.89 bits per heavy atom. The summed E-state index contributed by atoms with van der Waals surface area (Å²) in [5, 5.41) is 18.5. The molecule has 3 saturated carbocycles. The Morgan fingerprint density at radius 3 is 2.61 bits per heavy atom. The van der Waals surface area contributed by atoms with Crippen LogP contribution in [0.3, 0.4) is 0 Å². The van der Waals surface area contributed by atoms with Crippen molar-refractivity contribution in [3.05, 3.63) is 11.6 Å². The summed E-state index contributed by atoms with van der Waals surface area (Å²) in [5.41, 5.74) is 1.65. The van der Waals surface area contributed by atoms with Crippen molar-refractivity contribution in [1.29, 1.82) is 0 Å². The van der Waals surface area contributed by atoms with Gasteiger partial charge in [-0.2, -0.15) is 0 Å². The number of unbranched alkanes of at least 4 members (excludes halogenated alkanes) is 2. The van der Waals surface area contributed by atoms with E-state index in [0.29, 0.717) is 18.1 Å². The Morgan fingerprint density at radius 1 is 1.11 bits per heavy atom. The topological polar surface area (TPSA) is 74.6 Å². The maximum Gasteiger partial charge on any atom is 0.303 e. The highest BCUT2D eigenvalue weighted by Gasteiger charge is 2.55. The fraction of sp³-hybridized carbons (Fsp3) is 0.833. The molecule has 0 aliphatic heterocycles. The van der Waals surface area contributed by atoms with Crippen LogP contribution in [-0.2, 0) is 9.59 Å². The van der Waals surface area contributed by atoms with Crippen LogP contribution in [0.2, 0.25) is 0 Å². The van der Waals surface area contributed by atoms with Crippen molar-refractivity contribution in [1.82, 2.24) is 0 Å². The molecule has 4 heteroatoms. The Balaban J connectivity index is 0.000000242. The highest BCUT2D eigenvalue weighted by molar-refractivity contribution is 5.91. The van der Waals surface area contributed by atoms with Crippen LogP contribution in [0.5, 0.6) is 0 Å². The number of carboxylic acids is 1. The molecule has 4 aliphatic rings. The number of fused-ring (bicyclic) bond motifs is 5. The first-order valence-electron chi connectivity index (χ1n) is 11.5. The van der Waals surface area contributed by atoms with Crippen LogP contribution < -0.4 is 0 Å². The molecule has 0 amide bonds. The molecule has 0 saturated heterocycles. The molecule has 158 valence electrons. The van der Waals surface area contributed by atoms with Crippen molar-refractivity contribution in [3.8, 4) is 0 Å². The van der Waals surface area contributed by atoms with E-state index in [-0.39, 0.29) is 11.5 Å². The molecular formula is C24H38O4. The second-order valence-corrected chi connectivity index (χ2v) is 9.79. The molecule has 28 heavy (non-hydrogen) atoms. The maximum absolute atomic E-state index is 11.6. The number of hydrogen-bond donors (Lipinski definition) is 2. The number of rotatable bonds is 4. The largest absolute Gasteiger partial charge is 0.481 e. The predicted octanol–water partition coefficient (Wildman–Crippen LogP) is 5.14. The smallest absolute Gasteiger partial charge is 0.303 e. The van der Waals surface area contributed by atoms with Crippen molar-refractivity contribution < 1.29 is 19.8 Å². The van der Waals surface area contributed by atoms with Gasteiger partial charge in [-0.25, -0.2) is 0 Å². The van der Waals surface area contributed by atoms with Crippen LogP contribution in [0, 0.1) is 29.1 Å². The number of carboxylic acid groups (broad SMARTS) is 1. The second kappa shape index (κ2) is 9.11. The molecule has 0 aromatic heterocycles. The standard InChI is InChI=1S/C18H26O2.C6H12O2/c1-18-9-8-14-13-5-3-12(19)10-11(13)2-4-15(14)16(18)6-7-17(18)20;1-2-3-4-5-6(7)8/h10,13-17,20H,2-9H2,1H3;2-5H2,1H3,(H,7,8)/t13-,14+,15+,16-,17-,18-;/m0./s1. The summed E-state index contributed by atoms with van der Waals surface area (Å²) in [6.07, 6.45) is 14.1. The minimum absolute atomic E-state index is 0.0710. The summed E-state index contributed by atoms with van der Waals surface area (Å²) < 4.78 is 0. The highest BCUT2D eigenvalue weighted by Crippen LogP contribution is 2.61. The Labute approximate surface area is 169 Å². The van der Waals surface area contributed by atoms with Crippen molar-refractivity contribution in [2.24, 2.45) is 29.1 Å². The third-order valence-corrected chi connectivity index (χ3v) is 8.24. The van der Waals surface area contributed by atoms with Gasteiger partial charge in [0.15, 0.2) is 5.78 Å². The molecule has 3 fully saturated rings. The van der Waals surface area contributed by atoms with Gasteiger partial charge in [0.05, 0.1) is 6.10 Å². The lowest BCUT2D eigenvalue weighted by Crippen LogP contribution is -2.47. The fourth-order valence-electron chi connectivity index (χ4n) is 6.68. The van der Waals surface area contributed by atoms with E-state index in [1.165, 1.54) is 31.3 Å². The van der Waals surface area contributed by atoms with Crippen LogP contribution in [0.25, 0.3) is 0 Å². The van der Waals surface area contributed by atoms with Crippen LogP contribution in [0.1, 0.15) is 90.9 Å². The van der Waals surface area contributed by atoms with Crippen LogP contribution in [-0.4, -0.2) is 28.1 Å². The minimum atomic E-state index is -0.682. The zero-order chi connectivity index (χ0) is 20.3.